The molecule has 3 heterocycles. The Balaban J connectivity index is 1.52. The fourth-order valence-electron chi connectivity index (χ4n) is 1.87. The number of carbonyl (C=O) groups is 1. The molecular weight excluding hydrogens is 324 g/mol. The van der Waals surface area contributed by atoms with Crippen LogP contribution in [-0.4, -0.2) is 40.1 Å². The molecule has 0 saturated carbocycles. The summed E-state index contributed by atoms with van der Waals surface area (Å²) in [4.78, 5) is 26.1. The molecule has 3 aromatic rings. The van der Waals surface area contributed by atoms with E-state index in [0.29, 0.717) is 17.5 Å². The molecular formula is C16H16N6O3. The van der Waals surface area contributed by atoms with E-state index in [1.165, 1.54) is 12.3 Å². The lowest BCUT2D eigenvalue weighted by molar-refractivity contribution is -0.116. The van der Waals surface area contributed by atoms with Crippen molar-refractivity contribution in [2.45, 2.75) is 6.54 Å². The van der Waals surface area contributed by atoms with Crippen LogP contribution >= 0.6 is 0 Å². The monoisotopic (exact) mass is 340 g/mol. The fourth-order valence-corrected chi connectivity index (χ4v) is 1.87. The van der Waals surface area contributed by atoms with Gasteiger partial charge in [-0.3, -0.25) is 4.79 Å². The molecule has 0 fully saturated rings. The minimum absolute atomic E-state index is 0.142. The summed E-state index contributed by atoms with van der Waals surface area (Å²) in [6, 6.07) is 3.43. The predicted octanol–water partition coefficient (Wildman–Crippen LogP) is 1.52. The van der Waals surface area contributed by atoms with Crippen molar-refractivity contribution in [1.82, 2.24) is 25.4 Å². The summed E-state index contributed by atoms with van der Waals surface area (Å²) >= 11 is 0. The smallest absolute Gasteiger partial charge is 0.293 e. The van der Waals surface area contributed by atoms with Crippen molar-refractivity contribution in [1.29, 1.82) is 0 Å². The summed E-state index contributed by atoms with van der Waals surface area (Å²) in [6.45, 7) is 0.142. The zero-order valence-corrected chi connectivity index (χ0v) is 13.7. The summed E-state index contributed by atoms with van der Waals surface area (Å²) < 4.78 is 10.2. The number of hydrogen-bond acceptors (Lipinski definition) is 8. The third kappa shape index (κ3) is 4.28. The van der Waals surface area contributed by atoms with E-state index in [4.69, 9.17) is 8.94 Å². The highest BCUT2D eigenvalue weighted by molar-refractivity contribution is 5.91. The van der Waals surface area contributed by atoms with E-state index in [9.17, 15) is 4.79 Å². The zero-order valence-electron chi connectivity index (χ0n) is 13.7. The summed E-state index contributed by atoms with van der Waals surface area (Å²) in [5.41, 5.74) is 0.723. The summed E-state index contributed by atoms with van der Waals surface area (Å²) in [6.07, 6.45) is 7.81. The van der Waals surface area contributed by atoms with Crippen molar-refractivity contribution in [3.05, 3.63) is 48.3 Å². The van der Waals surface area contributed by atoms with Crippen LogP contribution in [0, 0.1) is 0 Å². The number of furan rings is 1. The predicted molar refractivity (Wildman–Crippen MR) is 89.2 cm³/mol. The largest absolute Gasteiger partial charge is 0.459 e. The van der Waals surface area contributed by atoms with Gasteiger partial charge in [0.05, 0.1) is 12.8 Å². The lowest BCUT2D eigenvalue weighted by Gasteiger charge is -2.08. The molecule has 3 aromatic heterocycles. The van der Waals surface area contributed by atoms with Crippen LogP contribution in [0.5, 0.6) is 0 Å². The van der Waals surface area contributed by atoms with Crippen LogP contribution in [0.3, 0.4) is 0 Å². The maximum atomic E-state index is 11.8. The Labute approximate surface area is 143 Å². The van der Waals surface area contributed by atoms with E-state index < -0.39 is 0 Å². The molecule has 25 heavy (non-hydrogen) atoms. The number of nitrogens with one attached hydrogen (secondary N) is 1. The molecule has 9 nitrogen and oxygen atoms in total. The topological polar surface area (TPSA) is 110 Å². The van der Waals surface area contributed by atoms with Crippen molar-refractivity contribution < 1.29 is 13.7 Å². The first kappa shape index (κ1) is 16.4. The van der Waals surface area contributed by atoms with Gasteiger partial charge in [0.25, 0.3) is 5.89 Å². The summed E-state index contributed by atoms with van der Waals surface area (Å²) in [7, 11) is 3.71. The van der Waals surface area contributed by atoms with E-state index in [1.54, 1.807) is 35.5 Å². The van der Waals surface area contributed by atoms with Gasteiger partial charge >= 0.3 is 0 Å². The maximum Gasteiger partial charge on any atom is 0.293 e. The Morgan fingerprint density at radius 3 is 2.80 bits per heavy atom. The van der Waals surface area contributed by atoms with Crippen molar-refractivity contribution in [3.63, 3.8) is 0 Å². The molecule has 0 aliphatic rings. The molecule has 0 aromatic carbocycles. The van der Waals surface area contributed by atoms with Gasteiger partial charge < -0.3 is 19.2 Å². The first-order valence-corrected chi connectivity index (χ1v) is 7.43. The molecule has 0 aliphatic carbocycles. The van der Waals surface area contributed by atoms with Gasteiger partial charge in [0.1, 0.15) is 0 Å². The molecule has 0 atom stereocenters. The van der Waals surface area contributed by atoms with Crippen LogP contribution in [0.4, 0.5) is 5.95 Å². The first-order chi connectivity index (χ1) is 12.1. The number of rotatable bonds is 6. The minimum atomic E-state index is -0.291. The molecule has 0 aliphatic heterocycles. The van der Waals surface area contributed by atoms with Crippen molar-refractivity contribution in [3.8, 4) is 11.7 Å². The lowest BCUT2D eigenvalue weighted by Crippen LogP contribution is -2.20. The van der Waals surface area contributed by atoms with Crippen molar-refractivity contribution >= 4 is 17.9 Å². The molecule has 128 valence electrons. The third-order valence-electron chi connectivity index (χ3n) is 3.11. The normalized spacial score (nSPS) is 11.0. The van der Waals surface area contributed by atoms with Gasteiger partial charge in [0.2, 0.25) is 11.9 Å². The molecule has 0 saturated heterocycles. The van der Waals surface area contributed by atoms with Crippen molar-refractivity contribution in [2.75, 3.05) is 19.0 Å². The number of carbonyl (C=O) groups excluding carboxylic acids is 1. The average Bonchev–Trinajstić information content (AvgIpc) is 3.29. The van der Waals surface area contributed by atoms with Gasteiger partial charge in [-0.05, 0) is 18.2 Å². The molecule has 9 heteroatoms. The number of amides is 1. The van der Waals surface area contributed by atoms with Crippen LogP contribution < -0.4 is 10.2 Å². The maximum absolute atomic E-state index is 11.8. The number of anilines is 1. The summed E-state index contributed by atoms with van der Waals surface area (Å²) in [5, 5.41) is 6.45. The SMILES string of the molecule is CN(C)c1ncc(/C=C/C(=O)NCc2noc(-c3ccco3)n2)cn1. The quantitative estimate of drug-likeness (QED) is 0.672. The molecule has 0 radical (unpaired) electrons. The standard InChI is InChI=1S/C16H16N6O3/c1-22(2)16-18-8-11(9-19-16)5-6-14(23)17-10-13-20-15(25-21-13)12-4-3-7-24-12/h3-9H,10H2,1-2H3,(H,17,23)/b6-5+. The molecule has 3 rings (SSSR count). The zero-order chi connectivity index (χ0) is 17.6. The van der Waals surface area contributed by atoms with Crippen LogP contribution in [0.1, 0.15) is 11.4 Å². The lowest BCUT2D eigenvalue weighted by atomic mass is 10.3. The van der Waals surface area contributed by atoms with Crippen LogP contribution in [0.15, 0.2) is 45.8 Å². The average molecular weight is 340 g/mol. The highest BCUT2D eigenvalue weighted by Crippen LogP contribution is 2.16. The van der Waals surface area contributed by atoms with E-state index in [0.717, 1.165) is 5.56 Å². The Kier molecular flexibility index (Phi) is 4.84. The molecule has 0 unspecified atom stereocenters. The van der Waals surface area contributed by atoms with Gasteiger partial charge in [-0.25, -0.2) is 9.97 Å². The van der Waals surface area contributed by atoms with Crippen LogP contribution in [0.2, 0.25) is 0 Å². The van der Waals surface area contributed by atoms with Gasteiger partial charge in [-0.2, -0.15) is 4.98 Å². The molecule has 1 N–H and O–H groups in total. The van der Waals surface area contributed by atoms with Crippen LogP contribution in [0.25, 0.3) is 17.7 Å². The van der Waals surface area contributed by atoms with Gasteiger partial charge in [0.15, 0.2) is 11.6 Å². The van der Waals surface area contributed by atoms with Crippen molar-refractivity contribution in [2.24, 2.45) is 0 Å². The number of hydrogen-bond donors (Lipinski definition) is 1. The second-order valence-electron chi connectivity index (χ2n) is 5.26. The number of nitrogens with zero attached hydrogens (tertiary/aromatic N) is 5. The van der Waals surface area contributed by atoms with Gasteiger partial charge in [-0.15, -0.1) is 0 Å². The van der Waals surface area contributed by atoms with E-state index in [2.05, 4.69) is 25.4 Å². The molecule has 0 bridgehead atoms. The Hall–Kier alpha value is -3.49. The Morgan fingerprint density at radius 2 is 2.12 bits per heavy atom. The fraction of sp³-hybridized carbons (Fsp3) is 0.188. The van der Waals surface area contributed by atoms with Crippen LogP contribution in [-0.2, 0) is 11.3 Å². The van der Waals surface area contributed by atoms with Gasteiger partial charge in [0, 0.05) is 38.1 Å². The molecule has 0 spiro atoms. The molecule has 1 amide bonds. The second-order valence-corrected chi connectivity index (χ2v) is 5.26. The van der Waals surface area contributed by atoms with Gasteiger partial charge in [-0.1, -0.05) is 5.16 Å². The number of aromatic nitrogens is 4. The summed E-state index contributed by atoms with van der Waals surface area (Å²) in [5.74, 6) is 1.41. The Bertz CT molecular complexity index is 852. The van der Waals surface area contributed by atoms with E-state index in [1.807, 2.05) is 14.1 Å². The minimum Gasteiger partial charge on any atom is -0.459 e. The Morgan fingerprint density at radius 1 is 1.32 bits per heavy atom. The van der Waals surface area contributed by atoms with E-state index in [-0.39, 0.29) is 18.3 Å². The second kappa shape index (κ2) is 7.39. The first-order valence-electron chi connectivity index (χ1n) is 7.43. The third-order valence-corrected chi connectivity index (χ3v) is 3.11. The highest BCUT2D eigenvalue weighted by Gasteiger charge is 2.11. The van der Waals surface area contributed by atoms with E-state index >= 15 is 0 Å². The highest BCUT2D eigenvalue weighted by atomic mass is 16.5.